The molecule has 1 N–H and O–H groups in total. The van der Waals surface area contributed by atoms with Crippen molar-refractivity contribution >= 4 is 34.6 Å². The highest BCUT2D eigenvalue weighted by Gasteiger charge is 2.32. The number of hydrogen-bond donors (Lipinski definition) is 1. The van der Waals surface area contributed by atoms with Gasteiger partial charge in [0.2, 0.25) is 0 Å². The largest absolute Gasteiger partial charge is 0.508 e. The third-order valence-corrected chi connectivity index (χ3v) is 4.71. The Morgan fingerprint density at radius 1 is 1.23 bits per heavy atom. The van der Waals surface area contributed by atoms with Crippen molar-refractivity contribution in [2.24, 2.45) is 4.99 Å². The molecule has 1 fully saturated rings. The molecule has 0 aliphatic carbocycles. The first-order chi connectivity index (χ1) is 12.6. The van der Waals surface area contributed by atoms with Gasteiger partial charge in [-0.15, -0.1) is 6.58 Å². The standard InChI is InChI=1S/C20H18N2O3S/c1-3-12-22-19(24)18(13-14-6-4-5-7-17(14)25-2)26-20(22)21-15-8-10-16(23)11-9-15/h3-11,13,23H,1,12H2,2H3/b18-13-,21-20?. The molecule has 1 amide bonds. The second kappa shape index (κ2) is 7.93. The predicted octanol–water partition coefficient (Wildman–Crippen LogP) is 4.19. The van der Waals surface area contributed by atoms with E-state index >= 15 is 0 Å². The van der Waals surface area contributed by atoms with Crippen molar-refractivity contribution in [2.45, 2.75) is 0 Å². The van der Waals surface area contributed by atoms with Crippen LogP contribution in [0.1, 0.15) is 5.56 Å². The highest BCUT2D eigenvalue weighted by atomic mass is 32.2. The van der Waals surface area contributed by atoms with Gasteiger partial charge in [0.15, 0.2) is 5.17 Å². The number of para-hydroxylation sites is 1. The smallest absolute Gasteiger partial charge is 0.267 e. The second-order valence-corrected chi connectivity index (χ2v) is 6.48. The zero-order chi connectivity index (χ0) is 18.5. The fraction of sp³-hybridized carbons (Fsp3) is 0.100. The molecular weight excluding hydrogens is 348 g/mol. The normalized spacial score (nSPS) is 17.1. The molecule has 5 nitrogen and oxygen atoms in total. The van der Waals surface area contributed by atoms with Gasteiger partial charge in [-0.1, -0.05) is 24.3 Å². The SMILES string of the molecule is C=CCN1C(=O)/C(=C/c2ccccc2OC)SC1=Nc1ccc(O)cc1. The molecule has 2 aromatic rings. The summed E-state index contributed by atoms with van der Waals surface area (Å²) >= 11 is 1.30. The van der Waals surface area contributed by atoms with Crippen LogP contribution < -0.4 is 4.74 Å². The molecule has 1 aliphatic rings. The number of carbonyl (C=O) groups excluding carboxylic acids is 1. The summed E-state index contributed by atoms with van der Waals surface area (Å²) in [7, 11) is 1.60. The summed E-state index contributed by atoms with van der Waals surface area (Å²) in [5.74, 6) is 0.745. The lowest BCUT2D eigenvalue weighted by atomic mass is 10.2. The Morgan fingerprint density at radius 2 is 1.96 bits per heavy atom. The van der Waals surface area contributed by atoms with E-state index in [2.05, 4.69) is 11.6 Å². The first-order valence-electron chi connectivity index (χ1n) is 7.95. The molecule has 6 heteroatoms. The second-order valence-electron chi connectivity index (χ2n) is 5.47. The molecule has 0 radical (unpaired) electrons. The number of rotatable bonds is 5. The topological polar surface area (TPSA) is 62.1 Å². The number of aromatic hydroxyl groups is 1. The van der Waals surface area contributed by atoms with Crippen LogP contribution in [0, 0.1) is 0 Å². The van der Waals surface area contributed by atoms with Crippen molar-refractivity contribution < 1.29 is 14.6 Å². The number of methoxy groups -OCH3 is 1. The summed E-state index contributed by atoms with van der Waals surface area (Å²) in [6, 6.07) is 14.0. The average molecular weight is 366 g/mol. The predicted molar refractivity (Wildman–Crippen MR) is 106 cm³/mol. The fourth-order valence-corrected chi connectivity index (χ4v) is 3.44. The van der Waals surface area contributed by atoms with Crippen LogP contribution in [0.5, 0.6) is 11.5 Å². The minimum absolute atomic E-state index is 0.127. The zero-order valence-electron chi connectivity index (χ0n) is 14.3. The van der Waals surface area contributed by atoms with Gasteiger partial charge >= 0.3 is 0 Å². The lowest BCUT2D eigenvalue weighted by Crippen LogP contribution is -2.29. The third kappa shape index (κ3) is 3.81. The number of phenols is 1. The summed E-state index contributed by atoms with van der Waals surface area (Å²) in [4.78, 5) is 19.5. The van der Waals surface area contributed by atoms with Gasteiger partial charge in [-0.25, -0.2) is 4.99 Å². The first-order valence-corrected chi connectivity index (χ1v) is 8.77. The molecule has 0 spiro atoms. The molecule has 1 saturated heterocycles. The Labute approximate surface area is 156 Å². The summed E-state index contributed by atoms with van der Waals surface area (Å²) in [6.45, 7) is 4.08. The highest BCUT2D eigenvalue weighted by molar-refractivity contribution is 8.18. The van der Waals surface area contributed by atoms with Crippen LogP contribution in [0.3, 0.4) is 0 Å². The van der Waals surface area contributed by atoms with Gasteiger partial charge in [0, 0.05) is 12.1 Å². The fourth-order valence-electron chi connectivity index (χ4n) is 2.45. The summed E-state index contributed by atoms with van der Waals surface area (Å²) in [5.41, 5.74) is 1.49. The van der Waals surface area contributed by atoms with Crippen molar-refractivity contribution in [1.82, 2.24) is 4.90 Å². The van der Waals surface area contributed by atoms with Crippen molar-refractivity contribution in [3.05, 3.63) is 71.7 Å². The zero-order valence-corrected chi connectivity index (χ0v) is 15.1. The number of hydrogen-bond acceptors (Lipinski definition) is 5. The Kier molecular flexibility index (Phi) is 5.43. The van der Waals surface area contributed by atoms with Gasteiger partial charge in [0.05, 0.1) is 17.7 Å². The quantitative estimate of drug-likeness (QED) is 0.637. The van der Waals surface area contributed by atoms with Crippen LogP contribution in [0.2, 0.25) is 0 Å². The van der Waals surface area contributed by atoms with E-state index in [-0.39, 0.29) is 11.7 Å². The van der Waals surface area contributed by atoms with Crippen LogP contribution in [0.4, 0.5) is 5.69 Å². The number of amidine groups is 1. The van der Waals surface area contributed by atoms with E-state index in [1.807, 2.05) is 24.3 Å². The Hall–Kier alpha value is -2.99. The van der Waals surface area contributed by atoms with Crippen molar-refractivity contribution in [2.75, 3.05) is 13.7 Å². The van der Waals surface area contributed by atoms with E-state index in [1.165, 1.54) is 11.8 Å². The monoisotopic (exact) mass is 366 g/mol. The summed E-state index contributed by atoms with van der Waals surface area (Å²) < 4.78 is 5.35. The first kappa shape index (κ1) is 17.8. The lowest BCUT2D eigenvalue weighted by molar-refractivity contribution is -0.121. The number of ether oxygens (including phenoxy) is 1. The number of thioether (sulfide) groups is 1. The average Bonchev–Trinajstić information content (AvgIpc) is 2.93. The molecular formula is C20H18N2O3S. The van der Waals surface area contributed by atoms with Gasteiger partial charge in [0.25, 0.3) is 5.91 Å². The van der Waals surface area contributed by atoms with E-state index in [1.54, 1.807) is 48.4 Å². The molecule has 132 valence electrons. The number of benzene rings is 2. The maximum absolute atomic E-state index is 12.8. The summed E-state index contributed by atoms with van der Waals surface area (Å²) in [6.07, 6.45) is 3.47. The lowest BCUT2D eigenvalue weighted by Gasteiger charge is -2.12. The van der Waals surface area contributed by atoms with Crippen LogP contribution in [-0.4, -0.2) is 34.7 Å². The molecule has 1 aliphatic heterocycles. The van der Waals surface area contributed by atoms with Crippen molar-refractivity contribution in [3.8, 4) is 11.5 Å². The molecule has 0 bridgehead atoms. The molecule has 1 heterocycles. The highest BCUT2D eigenvalue weighted by Crippen LogP contribution is 2.35. The van der Waals surface area contributed by atoms with Gasteiger partial charge in [-0.05, 0) is 48.2 Å². The van der Waals surface area contributed by atoms with Crippen molar-refractivity contribution in [1.29, 1.82) is 0 Å². The molecule has 2 aromatic carbocycles. The molecule has 3 rings (SSSR count). The van der Waals surface area contributed by atoms with Crippen LogP contribution in [-0.2, 0) is 4.79 Å². The van der Waals surface area contributed by atoms with E-state index in [0.717, 1.165) is 5.56 Å². The van der Waals surface area contributed by atoms with E-state index in [9.17, 15) is 9.90 Å². The number of aliphatic imine (C=N–C) groups is 1. The molecule has 0 unspecified atom stereocenters. The maximum Gasteiger partial charge on any atom is 0.267 e. The molecule has 0 atom stereocenters. The Balaban J connectivity index is 1.97. The van der Waals surface area contributed by atoms with E-state index in [4.69, 9.17) is 4.74 Å². The summed E-state index contributed by atoms with van der Waals surface area (Å²) in [5, 5.41) is 9.97. The molecule has 0 saturated carbocycles. The van der Waals surface area contributed by atoms with E-state index in [0.29, 0.717) is 28.1 Å². The van der Waals surface area contributed by atoms with Crippen LogP contribution >= 0.6 is 11.8 Å². The minimum Gasteiger partial charge on any atom is -0.508 e. The van der Waals surface area contributed by atoms with Gasteiger partial charge in [-0.2, -0.15) is 0 Å². The third-order valence-electron chi connectivity index (χ3n) is 3.70. The van der Waals surface area contributed by atoms with Gasteiger partial charge < -0.3 is 9.84 Å². The number of phenolic OH excluding ortho intramolecular Hbond substituents is 1. The molecule has 26 heavy (non-hydrogen) atoms. The van der Waals surface area contributed by atoms with E-state index < -0.39 is 0 Å². The van der Waals surface area contributed by atoms with Gasteiger partial charge in [-0.3, -0.25) is 9.69 Å². The molecule has 0 aromatic heterocycles. The van der Waals surface area contributed by atoms with Gasteiger partial charge in [0.1, 0.15) is 11.5 Å². The number of carbonyl (C=O) groups is 1. The van der Waals surface area contributed by atoms with Crippen LogP contribution in [0.25, 0.3) is 6.08 Å². The Bertz CT molecular complexity index is 888. The number of nitrogens with zero attached hydrogens (tertiary/aromatic N) is 2. The number of amides is 1. The van der Waals surface area contributed by atoms with Crippen LogP contribution in [0.15, 0.2) is 71.1 Å². The van der Waals surface area contributed by atoms with Crippen molar-refractivity contribution in [3.63, 3.8) is 0 Å². The Morgan fingerprint density at radius 3 is 2.65 bits per heavy atom. The minimum atomic E-state index is -0.127. The maximum atomic E-state index is 12.8.